The monoisotopic (exact) mass is 565 g/mol. The summed E-state index contributed by atoms with van der Waals surface area (Å²) in [4.78, 5) is 13.2. The van der Waals surface area contributed by atoms with Gasteiger partial charge in [0.15, 0.2) is 0 Å². The van der Waals surface area contributed by atoms with Crippen molar-refractivity contribution < 1.29 is 26.4 Å². The number of carbonyl (C=O) groups is 1. The van der Waals surface area contributed by atoms with Gasteiger partial charge in [-0.3, -0.25) is 14.2 Å². The second-order valence-electron chi connectivity index (χ2n) is 8.74. The molecular formula is C28H27N3O6S2. The predicted molar refractivity (Wildman–Crippen MR) is 151 cm³/mol. The molecule has 0 fully saturated rings. The second-order valence-corrected chi connectivity index (χ2v) is 12.1. The summed E-state index contributed by atoms with van der Waals surface area (Å²) < 4.78 is 62.2. The number of methoxy groups -OCH3 is 1. The van der Waals surface area contributed by atoms with E-state index in [1.165, 1.54) is 43.5 Å². The molecule has 0 unspecified atom stereocenters. The lowest BCUT2D eigenvalue weighted by atomic mass is 10.1. The van der Waals surface area contributed by atoms with E-state index in [1.807, 2.05) is 6.07 Å². The first-order valence-corrected chi connectivity index (χ1v) is 14.7. The summed E-state index contributed by atoms with van der Waals surface area (Å²) in [6.45, 7) is 3.48. The van der Waals surface area contributed by atoms with Gasteiger partial charge in [0.2, 0.25) is 0 Å². The highest BCUT2D eigenvalue weighted by atomic mass is 32.2. The van der Waals surface area contributed by atoms with Crippen LogP contribution in [0.3, 0.4) is 0 Å². The lowest BCUT2D eigenvalue weighted by molar-refractivity contribution is 0.102. The van der Waals surface area contributed by atoms with Crippen molar-refractivity contribution in [3.8, 4) is 5.75 Å². The van der Waals surface area contributed by atoms with Crippen molar-refractivity contribution in [2.24, 2.45) is 0 Å². The van der Waals surface area contributed by atoms with Crippen LogP contribution in [-0.4, -0.2) is 29.9 Å². The maximum Gasteiger partial charge on any atom is 0.262 e. The first-order chi connectivity index (χ1) is 18.5. The highest BCUT2D eigenvalue weighted by molar-refractivity contribution is 7.93. The van der Waals surface area contributed by atoms with Gasteiger partial charge in [0.1, 0.15) is 5.75 Å². The lowest BCUT2D eigenvalue weighted by Crippen LogP contribution is -2.19. The van der Waals surface area contributed by atoms with Gasteiger partial charge in [0.05, 0.1) is 28.2 Å². The predicted octanol–water partition coefficient (Wildman–Crippen LogP) is 5.17. The molecule has 0 aliphatic rings. The molecule has 0 saturated heterocycles. The Morgan fingerprint density at radius 2 is 1.44 bits per heavy atom. The Bertz CT molecular complexity index is 1740. The molecule has 4 aromatic rings. The molecule has 0 heterocycles. The largest absolute Gasteiger partial charge is 0.497 e. The van der Waals surface area contributed by atoms with E-state index in [0.717, 1.165) is 5.56 Å². The zero-order chi connectivity index (χ0) is 28.2. The van der Waals surface area contributed by atoms with E-state index in [4.69, 9.17) is 4.74 Å². The van der Waals surface area contributed by atoms with Gasteiger partial charge in [-0.05, 0) is 85.6 Å². The summed E-state index contributed by atoms with van der Waals surface area (Å²) in [6, 6.07) is 23.4. The minimum Gasteiger partial charge on any atom is -0.497 e. The lowest BCUT2D eigenvalue weighted by Gasteiger charge is -2.15. The van der Waals surface area contributed by atoms with Crippen LogP contribution in [0.2, 0.25) is 0 Å². The number of amides is 1. The number of benzene rings is 4. The van der Waals surface area contributed by atoms with Crippen LogP contribution in [0, 0.1) is 13.8 Å². The zero-order valence-corrected chi connectivity index (χ0v) is 23.1. The molecule has 4 rings (SSSR count). The number of ether oxygens (including phenoxy) is 1. The molecule has 0 aromatic heterocycles. The summed E-state index contributed by atoms with van der Waals surface area (Å²) >= 11 is 0. The number of nitrogens with one attached hydrogen (secondary N) is 3. The van der Waals surface area contributed by atoms with Crippen LogP contribution in [0.1, 0.15) is 21.5 Å². The van der Waals surface area contributed by atoms with Crippen molar-refractivity contribution in [1.82, 2.24) is 0 Å². The second kappa shape index (κ2) is 11.2. The number of aryl methyl sites for hydroxylation is 2. The Hall–Kier alpha value is -4.35. The molecular weight excluding hydrogens is 538 g/mol. The van der Waals surface area contributed by atoms with E-state index in [9.17, 15) is 21.6 Å². The SMILES string of the molecule is COc1ccc(NS(=O)(=O)c2cccc(NC(=O)c3ccccc3NS(=O)(=O)c3cc(C)ccc3C)c2)cc1. The summed E-state index contributed by atoms with van der Waals surface area (Å²) in [5, 5.41) is 2.65. The van der Waals surface area contributed by atoms with E-state index >= 15 is 0 Å². The molecule has 9 nitrogen and oxygen atoms in total. The van der Waals surface area contributed by atoms with Gasteiger partial charge in [0, 0.05) is 11.4 Å². The molecule has 0 spiro atoms. The van der Waals surface area contributed by atoms with Crippen LogP contribution in [0.25, 0.3) is 0 Å². The number of hydrogen-bond acceptors (Lipinski definition) is 6. The number of sulfonamides is 2. The van der Waals surface area contributed by atoms with Crippen molar-refractivity contribution in [3.05, 3.63) is 108 Å². The maximum atomic E-state index is 13.2. The number of rotatable bonds is 9. The summed E-state index contributed by atoms with van der Waals surface area (Å²) in [5.41, 5.74) is 2.05. The van der Waals surface area contributed by atoms with Crippen LogP contribution in [0.5, 0.6) is 5.75 Å². The molecule has 202 valence electrons. The molecule has 0 aliphatic heterocycles. The van der Waals surface area contributed by atoms with Gasteiger partial charge in [0.25, 0.3) is 26.0 Å². The smallest absolute Gasteiger partial charge is 0.262 e. The molecule has 0 bridgehead atoms. The molecule has 3 N–H and O–H groups in total. The van der Waals surface area contributed by atoms with E-state index < -0.39 is 26.0 Å². The highest BCUT2D eigenvalue weighted by Gasteiger charge is 2.21. The Morgan fingerprint density at radius 3 is 2.15 bits per heavy atom. The Balaban J connectivity index is 1.55. The topological polar surface area (TPSA) is 131 Å². The quantitative estimate of drug-likeness (QED) is 0.257. The number of hydrogen-bond donors (Lipinski definition) is 3. The zero-order valence-electron chi connectivity index (χ0n) is 21.4. The molecule has 0 saturated carbocycles. The van der Waals surface area contributed by atoms with E-state index in [-0.39, 0.29) is 26.7 Å². The van der Waals surface area contributed by atoms with Crippen LogP contribution in [0.15, 0.2) is 101 Å². The van der Waals surface area contributed by atoms with E-state index in [2.05, 4.69) is 14.8 Å². The van der Waals surface area contributed by atoms with Gasteiger partial charge in [-0.25, -0.2) is 16.8 Å². The fraction of sp³-hybridized carbons (Fsp3) is 0.107. The van der Waals surface area contributed by atoms with Crippen molar-refractivity contribution in [2.45, 2.75) is 23.6 Å². The summed E-state index contributed by atoms with van der Waals surface area (Å²) in [7, 11) is -6.43. The van der Waals surface area contributed by atoms with Crippen molar-refractivity contribution in [1.29, 1.82) is 0 Å². The first kappa shape index (κ1) is 27.7. The van der Waals surface area contributed by atoms with Crippen LogP contribution >= 0.6 is 0 Å². The minimum atomic E-state index is -3.98. The third-order valence-corrected chi connectivity index (χ3v) is 8.68. The number of para-hydroxylation sites is 1. The van der Waals surface area contributed by atoms with Gasteiger partial charge in [-0.15, -0.1) is 0 Å². The third-order valence-electron chi connectivity index (χ3n) is 5.79. The summed E-state index contributed by atoms with van der Waals surface area (Å²) in [6.07, 6.45) is 0. The fourth-order valence-electron chi connectivity index (χ4n) is 3.78. The van der Waals surface area contributed by atoms with Crippen molar-refractivity contribution >= 4 is 43.0 Å². The first-order valence-electron chi connectivity index (χ1n) is 11.8. The number of anilines is 3. The van der Waals surface area contributed by atoms with Gasteiger partial charge in [-0.2, -0.15) is 0 Å². The Kier molecular flexibility index (Phi) is 7.93. The number of carbonyl (C=O) groups excluding carboxylic acids is 1. The molecule has 0 radical (unpaired) electrons. The van der Waals surface area contributed by atoms with E-state index in [1.54, 1.807) is 62.4 Å². The van der Waals surface area contributed by atoms with E-state index in [0.29, 0.717) is 17.0 Å². The molecule has 11 heteroatoms. The van der Waals surface area contributed by atoms with Crippen molar-refractivity contribution in [2.75, 3.05) is 21.9 Å². The van der Waals surface area contributed by atoms with Gasteiger partial charge in [-0.1, -0.05) is 30.3 Å². The molecule has 0 aliphatic carbocycles. The Morgan fingerprint density at radius 1 is 0.718 bits per heavy atom. The normalized spacial score (nSPS) is 11.5. The minimum absolute atomic E-state index is 0.0657. The third kappa shape index (κ3) is 6.57. The van der Waals surface area contributed by atoms with Gasteiger partial charge < -0.3 is 10.1 Å². The van der Waals surface area contributed by atoms with Crippen LogP contribution < -0.4 is 19.5 Å². The average Bonchev–Trinajstić information content (AvgIpc) is 2.90. The van der Waals surface area contributed by atoms with Crippen LogP contribution in [-0.2, 0) is 20.0 Å². The Labute approximate surface area is 228 Å². The fourth-order valence-corrected chi connectivity index (χ4v) is 6.29. The standard InChI is InChI=1S/C28H27N3O6S2/c1-19-11-12-20(2)27(17-19)39(35,36)31-26-10-5-4-9-25(26)28(32)29-22-7-6-8-24(18-22)38(33,34)30-21-13-15-23(37-3)16-14-21/h4-18,30-31H,1-3H3,(H,29,32). The maximum absolute atomic E-state index is 13.2. The van der Waals surface area contributed by atoms with Gasteiger partial charge >= 0.3 is 0 Å². The summed E-state index contributed by atoms with van der Waals surface area (Å²) in [5.74, 6) is -0.0360. The highest BCUT2D eigenvalue weighted by Crippen LogP contribution is 2.25. The molecule has 39 heavy (non-hydrogen) atoms. The molecule has 0 atom stereocenters. The van der Waals surface area contributed by atoms with Crippen LogP contribution in [0.4, 0.5) is 17.1 Å². The van der Waals surface area contributed by atoms with Crippen molar-refractivity contribution in [3.63, 3.8) is 0 Å². The molecule has 4 aromatic carbocycles. The molecule has 1 amide bonds. The average molecular weight is 566 g/mol.